The number of esters is 1. The van der Waals surface area contributed by atoms with Gasteiger partial charge in [-0.2, -0.15) is 5.10 Å². The van der Waals surface area contributed by atoms with Gasteiger partial charge in [-0.05, 0) is 97.3 Å². The van der Waals surface area contributed by atoms with Crippen LogP contribution in [0, 0.1) is 6.92 Å². The maximum Gasteiger partial charge on any atom is 0.343 e. The molecule has 0 unspecified atom stereocenters. The zero-order chi connectivity index (χ0) is 27.5. The van der Waals surface area contributed by atoms with Crippen molar-refractivity contribution in [2.75, 3.05) is 6.61 Å². The molecule has 0 saturated heterocycles. The molecule has 7 heteroatoms. The Morgan fingerprint density at radius 3 is 1.97 bits per heavy atom. The summed E-state index contributed by atoms with van der Waals surface area (Å²) in [6.07, 6.45) is 2.42. The summed E-state index contributed by atoms with van der Waals surface area (Å²) >= 11 is 0. The van der Waals surface area contributed by atoms with Crippen LogP contribution in [0.3, 0.4) is 0 Å². The highest BCUT2D eigenvalue weighted by Gasteiger charge is 2.09. The molecule has 0 saturated carbocycles. The maximum absolute atomic E-state index is 12.4. The zero-order valence-electron chi connectivity index (χ0n) is 21.9. The summed E-state index contributed by atoms with van der Waals surface area (Å²) in [5, 5.41) is 4.02. The summed E-state index contributed by atoms with van der Waals surface area (Å²) in [6.45, 7) is 5.15. The third-order valence-electron chi connectivity index (χ3n) is 5.68. The van der Waals surface area contributed by atoms with Gasteiger partial charge in [-0.3, -0.25) is 4.79 Å². The Labute approximate surface area is 228 Å². The predicted molar refractivity (Wildman–Crippen MR) is 151 cm³/mol. The molecule has 0 atom stereocenters. The average Bonchev–Trinajstić information content (AvgIpc) is 2.97. The van der Waals surface area contributed by atoms with Gasteiger partial charge in [-0.25, -0.2) is 10.2 Å². The molecule has 0 aliphatic rings. The van der Waals surface area contributed by atoms with E-state index in [1.807, 2.05) is 38.1 Å². The highest BCUT2D eigenvalue weighted by Crippen LogP contribution is 2.17. The van der Waals surface area contributed by atoms with Crippen LogP contribution in [0.25, 0.3) is 0 Å². The lowest BCUT2D eigenvalue weighted by atomic mass is 10.2. The molecule has 0 aliphatic carbocycles. The first-order valence-corrected chi connectivity index (χ1v) is 12.7. The van der Waals surface area contributed by atoms with Crippen LogP contribution in [0.5, 0.6) is 17.2 Å². The van der Waals surface area contributed by atoms with Gasteiger partial charge < -0.3 is 14.2 Å². The molecule has 1 N–H and O–H groups in total. The smallest absolute Gasteiger partial charge is 0.343 e. The highest BCUT2D eigenvalue weighted by atomic mass is 16.5. The van der Waals surface area contributed by atoms with E-state index < -0.39 is 5.97 Å². The van der Waals surface area contributed by atoms with Gasteiger partial charge in [0.2, 0.25) is 0 Å². The number of hydrogen-bond donors (Lipinski definition) is 1. The maximum atomic E-state index is 12.4. The third-order valence-corrected chi connectivity index (χ3v) is 5.68. The number of nitrogens with one attached hydrogen (secondary N) is 1. The minimum atomic E-state index is -0.461. The quantitative estimate of drug-likeness (QED) is 0.107. The van der Waals surface area contributed by atoms with E-state index >= 15 is 0 Å². The monoisotopic (exact) mass is 522 g/mol. The van der Waals surface area contributed by atoms with Gasteiger partial charge in [0.05, 0.1) is 18.4 Å². The minimum Gasteiger partial charge on any atom is -0.494 e. The lowest BCUT2D eigenvalue weighted by Crippen LogP contribution is -2.17. The number of benzene rings is 4. The van der Waals surface area contributed by atoms with Gasteiger partial charge in [-0.15, -0.1) is 0 Å². The van der Waals surface area contributed by atoms with Crippen LogP contribution in [-0.4, -0.2) is 24.7 Å². The number of nitrogens with zero attached hydrogens (tertiary/aromatic N) is 1. The van der Waals surface area contributed by atoms with Crippen molar-refractivity contribution in [2.45, 2.75) is 26.9 Å². The molecule has 1 amide bonds. The fourth-order valence-corrected chi connectivity index (χ4v) is 3.48. The largest absolute Gasteiger partial charge is 0.494 e. The molecule has 0 bridgehead atoms. The highest BCUT2D eigenvalue weighted by molar-refractivity contribution is 5.95. The Hall–Kier alpha value is -4.91. The van der Waals surface area contributed by atoms with Crippen molar-refractivity contribution in [3.05, 3.63) is 125 Å². The molecular weight excluding hydrogens is 492 g/mol. The molecule has 0 radical (unpaired) electrons. The molecule has 0 fully saturated rings. The number of carbonyl (C=O) groups excluding carboxylic acids is 2. The number of ether oxygens (including phenoxy) is 3. The Morgan fingerprint density at radius 2 is 1.33 bits per heavy atom. The molecule has 0 heterocycles. The van der Waals surface area contributed by atoms with E-state index in [0.717, 1.165) is 17.5 Å². The summed E-state index contributed by atoms with van der Waals surface area (Å²) in [4.78, 5) is 24.8. The summed E-state index contributed by atoms with van der Waals surface area (Å²) in [7, 11) is 0. The predicted octanol–water partition coefficient (Wildman–Crippen LogP) is 6.35. The molecule has 39 heavy (non-hydrogen) atoms. The second-order valence-electron chi connectivity index (χ2n) is 8.83. The van der Waals surface area contributed by atoms with Gasteiger partial charge in [0.25, 0.3) is 5.91 Å². The van der Waals surface area contributed by atoms with Crippen molar-refractivity contribution in [1.29, 1.82) is 0 Å². The molecule has 4 aromatic rings. The molecule has 7 nitrogen and oxygen atoms in total. The molecule has 198 valence electrons. The van der Waals surface area contributed by atoms with Crippen molar-refractivity contribution >= 4 is 18.1 Å². The van der Waals surface area contributed by atoms with Crippen LogP contribution in [0.4, 0.5) is 0 Å². The summed E-state index contributed by atoms with van der Waals surface area (Å²) in [6, 6.07) is 28.6. The number of amides is 1. The second-order valence-corrected chi connectivity index (χ2v) is 8.83. The average molecular weight is 523 g/mol. The lowest BCUT2D eigenvalue weighted by Gasteiger charge is -2.07. The summed E-state index contributed by atoms with van der Waals surface area (Å²) in [5.74, 6) is 0.987. The number of hydrazone groups is 1. The Bertz CT molecular complexity index is 1400. The number of rotatable bonds is 11. The van der Waals surface area contributed by atoms with Crippen LogP contribution in [0.15, 0.2) is 102 Å². The van der Waals surface area contributed by atoms with E-state index in [9.17, 15) is 9.59 Å². The van der Waals surface area contributed by atoms with E-state index in [0.29, 0.717) is 41.6 Å². The van der Waals surface area contributed by atoms with Crippen LogP contribution in [-0.2, 0) is 6.61 Å². The SMILES string of the molecule is CCCOc1ccc(C(=O)Oc2ccc(C=NNC(=O)c3ccc(OCc4ccc(C)cc4)cc3)cc2)cc1. The van der Waals surface area contributed by atoms with E-state index in [1.54, 1.807) is 72.8 Å². The molecular formula is C32H30N2O5. The zero-order valence-corrected chi connectivity index (χ0v) is 21.9. The lowest BCUT2D eigenvalue weighted by molar-refractivity contribution is 0.0734. The normalized spacial score (nSPS) is 10.7. The van der Waals surface area contributed by atoms with Crippen molar-refractivity contribution in [2.24, 2.45) is 5.10 Å². The van der Waals surface area contributed by atoms with Crippen LogP contribution in [0.1, 0.15) is 50.8 Å². The third kappa shape index (κ3) is 8.30. The number of aryl methyl sites for hydroxylation is 1. The van der Waals surface area contributed by atoms with Gasteiger partial charge in [-0.1, -0.05) is 36.8 Å². The number of hydrogen-bond acceptors (Lipinski definition) is 6. The van der Waals surface area contributed by atoms with Crippen molar-refractivity contribution in [3.8, 4) is 17.2 Å². The summed E-state index contributed by atoms with van der Waals surface area (Å²) < 4.78 is 16.7. The fraction of sp³-hybridized carbons (Fsp3) is 0.156. The topological polar surface area (TPSA) is 86.2 Å². The van der Waals surface area contributed by atoms with E-state index in [4.69, 9.17) is 14.2 Å². The minimum absolute atomic E-state index is 0.340. The Morgan fingerprint density at radius 1 is 0.744 bits per heavy atom. The van der Waals surface area contributed by atoms with Gasteiger partial charge in [0.1, 0.15) is 23.9 Å². The molecule has 0 aliphatic heterocycles. The first-order valence-electron chi connectivity index (χ1n) is 12.7. The van der Waals surface area contributed by atoms with E-state index in [-0.39, 0.29) is 5.91 Å². The van der Waals surface area contributed by atoms with Crippen molar-refractivity contribution in [3.63, 3.8) is 0 Å². The Kier molecular flexibility index (Phi) is 9.45. The molecule has 4 rings (SSSR count). The van der Waals surface area contributed by atoms with Crippen molar-refractivity contribution < 1.29 is 23.8 Å². The van der Waals surface area contributed by atoms with Crippen molar-refractivity contribution in [1.82, 2.24) is 5.43 Å². The Balaban J connectivity index is 1.23. The van der Waals surface area contributed by atoms with Gasteiger partial charge in [0, 0.05) is 5.56 Å². The number of carbonyl (C=O) groups is 2. The molecule has 4 aromatic carbocycles. The first kappa shape index (κ1) is 27.1. The van der Waals surface area contributed by atoms with Crippen LogP contribution in [0.2, 0.25) is 0 Å². The van der Waals surface area contributed by atoms with E-state index in [1.165, 1.54) is 11.8 Å². The summed E-state index contributed by atoms with van der Waals surface area (Å²) in [5.41, 5.74) is 6.40. The van der Waals surface area contributed by atoms with Crippen LogP contribution >= 0.6 is 0 Å². The van der Waals surface area contributed by atoms with Gasteiger partial charge >= 0.3 is 5.97 Å². The first-order chi connectivity index (χ1) is 19.0. The molecule has 0 spiro atoms. The standard InChI is InChI=1S/C32H30N2O5/c1-3-20-37-28-18-12-27(13-19-28)32(36)39-30-14-8-24(9-15-30)21-33-34-31(35)26-10-16-29(17-11-26)38-22-25-6-4-23(2)5-7-25/h4-19,21H,3,20,22H2,1-2H3,(H,34,35). The van der Waals surface area contributed by atoms with Gasteiger partial charge in [0.15, 0.2) is 0 Å². The second kappa shape index (κ2) is 13.6. The van der Waals surface area contributed by atoms with E-state index in [2.05, 4.69) is 10.5 Å². The molecule has 0 aromatic heterocycles. The fourth-order valence-electron chi connectivity index (χ4n) is 3.48. The van der Waals surface area contributed by atoms with Crippen LogP contribution < -0.4 is 19.6 Å².